The lowest BCUT2D eigenvalue weighted by Crippen LogP contribution is -2.40. The number of phenols is 1. The number of aromatic hydroxyl groups is 1. The molecule has 0 saturated heterocycles. The summed E-state index contributed by atoms with van der Waals surface area (Å²) in [4.78, 5) is 31.9. The minimum absolute atomic E-state index is 0.0170. The van der Waals surface area contributed by atoms with E-state index < -0.39 is 12.0 Å². The van der Waals surface area contributed by atoms with Crippen molar-refractivity contribution in [3.8, 4) is 17.2 Å². The molecule has 0 aliphatic carbocycles. The van der Waals surface area contributed by atoms with Crippen LogP contribution in [0, 0.1) is 0 Å². The van der Waals surface area contributed by atoms with E-state index in [2.05, 4.69) is 11.6 Å². The Balaban J connectivity index is 1.96. The van der Waals surface area contributed by atoms with Gasteiger partial charge in [-0.3, -0.25) is 9.36 Å². The second-order valence-electron chi connectivity index (χ2n) is 8.24. The zero-order valence-electron chi connectivity index (χ0n) is 21.2. The Morgan fingerprint density at radius 2 is 1.97 bits per heavy atom. The maximum absolute atomic E-state index is 13.8. The van der Waals surface area contributed by atoms with Gasteiger partial charge in [-0.2, -0.15) is 0 Å². The fourth-order valence-corrected chi connectivity index (χ4v) is 5.34. The number of fused-ring (bicyclic) bond motifs is 1. The van der Waals surface area contributed by atoms with Crippen molar-refractivity contribution in [1.29, 1.82) is 0 Å². The Kier molecular flexibility index (Phi) is 8.38. The van der Waals surface area contributed by atoms with E-state index in [0.717, 1.165) is 11.3 Å². The maximum atomic E-state index is 13.8. The third-order valence-electron chi connectivity index (χ3n) is 5.73. The first-order valence-electron chi connectivity index (χ1n) is 12.0. The van der Waals surface area contributed by atoms with E-state index in [9.17, 15) is 14.7 Å². The molecule has 0 amide bonds. The van der Waals surface area contributed by atoms with Gasteiger partial charge in [0.1, 0.15) is 12.4 Å². The molecule has 0 bridgehead atoms. The number of allylic oxidation sites excluding steroid dienone is 1. The zero-order chi connectivity index (χ0) is 27.4. The molecule has 2 heterocycles. The number of nitrogens with zero attached hydrogens (tertiary/aromatic N) is 2. The van der Waals surface area contributed by atoms with Gasteiger partial charge >= 0.3 is 5.97 Å². The van der Waals surface area contributed by atoms with Gasteiger partial charge in [0.15, 0.2) is 16.3 Å². The number of carbonyl (C=O) groups is 1. The number of hydrogen-bond donors (Lipinski definition) is 1. The molecule has 198 valence electrons. The number of aromatic nitrogens is 1. The average Bonchev–Trinajstić information content (AvgIpc) is 3.19. The zero-order valence-corrected chi connectivity index (χ0v) is 22.8. The smallest absolute Gasteiger partial charge is 0.338 e. The first-order valence-corrected chi connectivity index (χ1v) is 13.2. The highest BCUT2D eigenvalue weighted by Gasteiger charge is 2.34. The van der Waals surface area contributed by atoms with Crippen molar-refractivity contribution in [2.75, 3.05) is 19.8 Å². The number of carbonyl (C=O) groups excluding carboxylic acids is 1. The van der Waals surface area contributed by atoms with E-state index in [4.69, 9.17) is 25.8 Å². The van der Waals surface area contributed by atoms with Crippen LogP contribution in [0.2, 0.25) is 5.02 Å². The molecule has 1 aliphatic rings. The van der Waals surface area contributed by atoms with Crippen molar-refractivity contribution in [3.63, 3.8) is 0 Å². The Morgan fingerprint density at radius 1 is 1.18 bits per heavy atom. The maximum Gasteiger partial charge on any atom is 0.338 e. The van der Waals surface area contributed by atoms with Crippen LogP contribution in [-0.2, 0) is 9.53 Å². The molecule has 0 saturated carbocycles. The SMILES string of the molecule is C=CCOc1ccc([C@H]2C(C(=O)OCC)=C(C)N=c3sc(=Cc4cc(Cl)ccc4O)c(=O)n32)cc1OCC. The molecule has 3 aromatic rings. The van der Waals surface area contributed by atoms with E-state index in [1.807, 2.05) is 6.92 Å². The number of phenolic OH excluding ortho intramolecular Hbond substituents is 1. The van der Waals surface area contributed by atoms with E-state index in [-0.39, 0.29) is 23.5 Å². The molecule has 4 rings (SSSR count). The molecule has 1 aromatic heterocycles. The van der Waals surface area contributed by atoms with Crippen LogP contribution in [0.4, 0.5) is 0 Å². The highest BCUT2D eigenvalue weighted by Crippen LogP contribution is 2.36. The van der Waals surface area contributed by atoms with E-state index in [1.54, 1.807) is 56.3 Å². The average molecular weight is 555 g/mol. The number of ether oxygens (including phenoxy) is 3. The van der Waals surface area contributed by atoms with Gasteiger partial charge in [-0.15, -0.1) is 0 Å². The molecule has 1 atom stereocenters. The minimum atomic E-state index is -0.826. The molecule has 0 unspecified atom stereocenters. The Labute approximate surface area is 228 Å². The topological polar surface area (TPSA) is 99.4 Å². The van der Waals surface area contributed by atoms with Gasteiger partial charge in [0.2, 0.25) is 0 Å². The molecule has 8 nitrogen and oxygen atoms in total. The fraction of sp³-hybridized carbons (Fsp3) is 0.250. The molecule has 0 radical (unpaired) electrons. The van der Waals surface area contributed by atoms with Gasteiger partial charge < -0.3 is 19.3 Å². The third kappa shape index (κ3) is 5.39. The standard InChI is InChI=1S/C28H27ClN2O6S/c1-5-12-37-21-11-8-17(14-22(21)35-6-2)25-24(27(34)36-7-3)16(4)30-28-31(25)26(33)23(38-28)15-18-13-19(29)9-10-20(18)32/h5,8-11,13-15,25,32H,1,6-7,12H2,2-4H3/t25-/m0/s1. The number of esters is 1. The van der Waals surface area contributed by atoms with Crippen molar-refractivity contribution in [2.45, 2.75) is 26.8 Å². The Bertz CT molecular complexity index is 1600. The van der Waals surface area contributed by atoms with Gasteiger partial charge in [-0.1, -0.05) is 41.7 Å². The molecular formula is C28H27ClN2O6S. The summed E-state index contributed by atoms with van der Waals surface area (Å²) >= 11 is 7.25. The summed E-state index contributed by atoms with van der Waals surface area (Å²) in [6, 6.07) is 9.03. The van der Waals surface area contributed by atoms with Gasteiger partial charge in [-0.05, 0) is 62.7 Å². The van der Waals surface area contributed by atoms with Crippen LogP contribution in [-0.4, -0.2) is 35.5 Å². The van der Waals surface area contributed by atoms with Crippen LogP contribution in [0.25, 0.3) is 6.08 Å². The van der Waals surface area contributed by atoms with Crippen molar-refractivity contribution < 1.29 is 24.1 Å². The van der Waals surface area contributed by atoms with Crippen LogP contribution in [0.1, 0.15) is 37.9 Å². The van der Waals surface area contributed by atoms with Crippen LogP contribution in [0.5, 0.6) is 17.2 Å². The Morgan fingerprint density at radius 3 is 2.68 bits per heavy atom. The lowest BCUT2D eigenvalue weighted by atomic mass is 9.95. The van der Waals surface area contributed by atoms with E-state index in [0.29, 0.717) is 55.9 Å². The summed E-state index contributed by atoms with van der Waals surface area (Å²) in [5.41, 5.74) is 1.32. The number of halogens is 1. The molecular weight excluding hydrogens is 528 g/mol. The largest absolute Gasteiger partial charge is 0.507 e. The van der Waals surface area contributed by atoms with Crippen molar-refractivity contribution >= 4 is 35.0 Å². The first-order chi connectivity index (χ1) is 18.3. The summed E-state index contributed by atoms with van der Waals surface area (Å²) in [5, 5.41) is 10.7. The molecule has 0 fully saturated rings. The predicted molar refractivity (Wildman–Crippen MR) is 147 cm³/mol. The second-order valence-corrected chi connectivity index (χ2v) is 9.69. The van der Waals surface area contributed by atoms with Gasteiger partial charge in [0.25, 0.3) is 5.56 Å². The summed E-state index contributed by atoms with van der Waals surface area (Å²) in [5.74, 6) is 0.399. The number of rotatable bonds is 9. The molecule has 38 heavy (non-hydrogen) atoms. The summed E-state index contributed by atoms with van der Waals surface area (Å²) in [7, 11) is 0. The van der Waals surface area contributed by atoms with Gasteiger partial charge in [-0.25, -0.2) is 9.79 Å². The quantitative estimate of drug-likeness (QED) is 0.315. The van der Waals surface area contributed by atoms with E-state index >= 15 is 0 Å². The third-order valence-corrected chi connectivity index (χ3v) is 6.95. The van der Waals surface area contributed by atoms with Crippen LogP contribution >= 0.6 is 22.9 Å². The Hall–Kier alpha value is -3.82. The monoisotopic (exact) mass is 554 g/mol. The molecule has 1 N–H and O–H groups in total. The number of thiazole rings is 1. The van der Waals surface area contributed by atoms with Gasteiger partial charge in [0.05, 0.1) is 35.1 Å². The highest BCUT2D eigenvalue weighted by atomic mass is 35.5. The molecule has 2 aromatic carbocycles. The van der Waals surface area contributed by atoms with Crippen molar-refractivity contribution in [2.24, 2.45) is 4.99 Å². The highest BCUT2D eigenvalue weighted by molar-refractivity contribution is 7.07. The lowest BCUT2D eigenvalue weighted by Gasteiger charge is -2.25. The number of benzene rings is 2. The summed E-state index contributed by atoms with van der Waals surface area (Å²) < 4.78 is 18.7. The molecule has 1 aliphatic heterocycles. The molecule has 10 heteroatoms. The van der Waals surface area contributed by atoms with Crippen molar-refractivity contribution in [3.05, 3.63) is 96.2 Å². The normalized spacial score (nSPS) is 15.1. The minimum Gasteiger partial charge on any atom is -0.507 e. The fourth-order valence-electron chi connectivity index (χ4n) is 4.12. The van der Waals surface area contributed by atoms with Crippen LogP contribution < -0.4 is 24.4 Å². The van der Waals surface area contributed by atoms with Gasteiger partial charge in [0, 0.05) is 10.6 Å². The summed E-state index contributed by atoms with van der Waals surface area (Å²) in [6.45, 7) is 9.81. The first kappa shape index (κ1) is 27.2. The van der Waals surface area contributed by atoms with Crippen LogP contribution in [0.3, 0.4) is 0 Å². The van der Waals surface area contributed by atoms with Crippen LogP contribution in [0.15, 0.2) is 70.1 Å². The lowest BCUT2D eigenvalue weighted by molar-refractivity contribution is -0.139. The predicted octanol–water partition coefficient (Wildman–Crippen LogP) is 4.12. The van der Waals surface area contributed by atoms with E-state index in [1.165, 1.54) is 10.6 Å². The molecule has 0 spiro atoms. The number of hydrogen-bond acceptors (Lipinski definition) is 8. The van der Waals surface area contributed by atoms with Crippen molar-refractivity contribution in [1.82, 2.24) is 4.57 Å². The second kappa shape index (κ2) is 11.7. The summed E-state index contributed by atoms with van der Waals surface area (Å²) in [6.07, 6.45) is 3.19.